The van der Waals surface area contributed by atoms with E-state index in [2.05, 4.69) is 45.0 Å². The molecule has 2 nitrogen and oxygen atoms in total. The van der Waals surface area contributed by atoms with Gasteiger partial charge in [-0.2, -0.15) is 0 Å². The molecule has 0 aromatic carbocycles. The highest BCUT2D eigenvalue weighted by atomic mass is 15.1. The predicted octanol–water partition coefficient (Wildman–Crippen LogP) is 2.74. The summed E-state index contributed by atoms with van der Waals surface area (Å²) in [6.07, 6.45) is 3.94. The van der Waals surface area contributed by atoms with Crippen LogP contribution in [0.3, 0.4) is 0 Å². The Kier molecular flexibility index (Phi) is 7.20. The molecule has 0 radical (unpaired) electrons. The first kappa shape index (κ1) is 14.9. The molecule has 0 saturated carbocycles. The molecule has 0 amide bonds. The fourth-order valence-corrected chi connectivity index (χ4v) is 1.87. The van der Waals surface area contributed by atoms with Crippen LogP contribution in [0.15, 0.2) is 0 Å². The maximum absolute atomic E-state index is 3.28. The summed E-state index contributed by atoms with van der Waals surface area (Å²) < 4.78 is 0. The van der Waals surface area contributed by atoms with Crippen molar-refractivity contribution in [3.8, 4) is 0 Å². The van der Waals surface area contributed by atoms with Crippen LogP contribution in [0.5, 0.6) is 0 Å². The van der Waals surface area contributed by atoms with Crippen molar-refractivity contribution in [1.29, 1.82) is 0 Å². The first-order valence-corrected chi connectivity index (χ1v) is 6.21. The van der Waals surface area contributed by atoms with Gasteiger partial charge in [0.1, 0.15) is 0 Å². The minimum Gasteiger partial charge on any atom is -0.317 e. The molecule has 1 atom stereocenters. The van der Waals surface area contributed by atoms with Crippen LogP contribution in [0.1, 0.15) is 47.0 Å². The summed E-state index contributed by atoms with van der Waals surface area (Å²) in [6.45, 7) is 11.6. The summed E-state index contributed by atoms with van der Waals surface area (Å²) in [5, 5.41) is 3.28. The van der Waals surface area contributed by atoms with Crippen LogP contribution in [0.2, 0.25) is 0 Å². The van der Waals surface area contributed by atoms with Crippen molar-refractivity contribution in [1.82, 2.24) is 10.2 Å². The van der Waals surface area contributed by atoms with Crippen molar-refractivity contribution in [2.24, 2.45) is 5.41 Å². The van der Waals surface area contributed by atoms with Gasteiger partial charge in [-0.05, 0) is 45.8 Å². The standard InChI is InChI=1S/C13H30N2/c1-12(14-5)9-7-8-10-15(6)11-13(2,3)4/h12,14H,7-11H2,1-6H3. The van der Waals surface area contributed by atoms with E-state index >= 15 is 0 Å². The van der Waals surface area contributed by atoms with Crippen LogP contribution in [-0.4, -0.2) is 38.1 Å². The monoisotopic (exact) mass is 214 g/mol. The van der Waals surface area contributed by atoms with Gasteiger partial charge in [-0.25, -0.2) is 0 Å². The molecule has 0 rings (SSSR count). The van der Waals surface area contributed by atoms with E-state index in [9.17, 15) is 0 Å². The number of hydrogen-bond donors (Lipinski definition) is 1. The van der Waals surface area contributed by atoms with Gasteiger partial charge in [-0.15, -0.1) is 0 Å². The third kappa shape index (κ3) is 10.2. The lowest BCUT2D eigenvalue weighted by Gasteiger charge is -2.26. The van der Waals surface area contributed by atoms with Gasteiger partial charge < -0.3 is 10.2 Å². The highest BCUT2D eigenvalue weighted by molar-refractivity contribution is 4.66. The molecule has 0 spiro atoms. The second-order valence-corrected chi connectivity index (χ2v) is 5.98. The molecule has 0 aliphatic heterocycles. The Morgan fingerprint density at radius 2 is 1.80 bits per heavy atom. The Hall–Kier alpha value is -0.0800. The first-order chi connectivity index (χ1) is 6.85. The SMILES string of the molecule is CNC(C)CCCCN(C)CC(C)(C)C. The molecule has 1 unspecified atom stereocenters. The first-order valence-electron chi connectivity index (χ1n) is 6.21. The second-order valence-electron chi connectivity index (χ2n) is 5.98. The molecule has 2 heteroatoms. The van der Waals surface area contributed by atoms with E-state index in [-0.39, 0.29) is 0 Å². The maximum atomic E-state index is 3.28. The molecule has 1 N–H and O–H groups in total. The third-order valence-corrected chi connectivity index (χ3v) is 2.66. The summed E-state index contributed by atoms with van der Waals surface area (Å²) >= 11 is 0. The van der Waals surface area contributed by atoms with E-state index in [1.807, 2.05) is 7.05 Å². The van der Waals surface area contributed by atoms with Crippen molar-refractivity contribution >= 4 is 0 Å². The Balaban J connectivity index is 3.43. The quantitative estimate of drug-likeness (QED) is 0.656. The van der Waals surface area contributed by atoms with Gasteiger partial charge in [0.2, 0.25) is 0 Å². The smallest absolute Gasteiger partial charge is 0.00357 e. The van der Waals surface area contributed by atoms with Crippen LogP contribution in [0.25, 0.3) is 0 Å². The lowest BCUT2D eigenvalue weighted by Crippen LogP contribution is -2.30. The number of hydrogen-bond acceptors (Lipinski definition) is 2. The van der Waals surface area contributed by atoms with E-state index in [4.69, 9.17) is 0 Å². The average Bonchev–Trinajstić information content (AvgIpc) is 2.09. The normalized spacial score (nSPS) is 14.6. The molecule has 15 heavy (non-hydrogen) atoms. The molecule has 92 valence electrons. The number of nitrogens with one attached hydrogen (secondary N) is 1. The lowest BCUT2D eigenvalue weighted by atomic mass is 9.96. The van der Waals surface area contributed by atoms with Gasteiger partial charge in [0, 0.05) is 12.6 Å². The maximum Gasteiger partial charge on any atom is 0.00357 e. The minimum atomic E-state index is 0.424. The molecule has 0 fully saturated rings. The van der Waals surface area contributed by atoms with Crippen molar-refractivity contribution in [3.05, 3.63) is 0 Å². The average molecular weight is 214 g/mol. The van der Waals surface area contributed by atoms with Crippen molar-refractivity contribution < 1.29 is 0 Å². The van der Waals surface area contributed by atoms with Crippen molar-refractivity contribution in [3.63, 3.8) is 0 Å². The molecule has 0 saturated heterocycles. The Morgan fingerprint density at radius 1 is 1.20 bits per heavy atom. The summed E-state index contributed by atoms with van der Waals surface area (Å²) in [5.41, 5.74) is 0.424. The van der Waals surface area contributed by atoms with Gasteiger partial charge in [-0.3, -0.25) is 0 Å². The van der Waals surface area contributed by atoms with E-state index in [0.29, 0.717) is 11.5 Å². The fourth-order valence-electron chi connectivity index (χ4n) is 1.87. The molecule has 0 heterocycles. The molecular weight excluding hydrogens is 184 g/mol. The van der Waals surface area contributed by atoms with Gasteiger partial charge >= 0.3 is 0 Å². The van der Waals surface area contributed by atoms with Crippen LogP contribution < -0.4 is 5.32 Å². The number of unbranched alkanes of at least 4 members (excludes halogenated alkanes) is 1. The van der Waals surface area contributed by atoms with Gasteiger partial charge in [0.05, 0.1) is 0 Å². The lowest BCUT2D eigenvalue weighted by molar-refractivity contribution is 0.223. The fraction of sp³-hybridized carbons (Fsp3) is 1.00. The van der Waals surface area contributed by atoms with Gasteiger partial charge in [0.25, 0.3) is 0 Å². The van der Waals surface area contributed by atoms with Crippen LogP contribution in [0, 0.1) is 5.41 Å². The van der Waals surface area contributed by atoms with Crippen molar-refractivity contribution in [2.45, 2.75) is 53.0 Å². The molecular formula is C13H30N2. The number of nitrogens with zero attached hydrogens (tertiary/aromatic N) is 1. The molecule has 0 aromatic heterocycles. The zero-order valence-electron chi connectivity index (χ0n) is 11.6. The highest BCUT2D eigenvalue weighted by Crippen LogP contribution is 2.14. The molecule has 0 aliphatic rings. The molecule has 0 bridgehead atoms. The summed E-state index contributed by atoms with van der Waals surface area (Å²) in [4.78, 5) is 2.45. The topological polar surface area (TPSA) is 15.3 Å². The number of rotatable bonds is 7. The van der Waals surface area contributed by atoms with E-state index < -0.39 is 0 Å². The van der Waals surface area contributed by atoms with Gasteiger partial charge in [0.15, 0.2) is 0 Å². The van der Waals surface area contributed by atoms with Crippen LogP contribution in [0.4, 0.5) is 0 Å². The Labute approximate surface area is 96.4 Å². The summed E-state index contributed by atoms with van der Waals surface area (Å²) in [6, 6.07) is 0.665. The zero-order valence-corrected chi connectivity index (χ0v) is 11.6. The Morgan fingerprint density at radius 3 is 2.27 bits per heavy atom. The largest absolute Gasteiger partial charge is 0.317 e. The van der Waals surface area contributed by atoms with E-state index in [1.54, 1.807) is 0 Å². The van der Waals surface area contributed by atoms with E-state index in [0.717, 1.165) is 0 Å². The van der Waals surface area contributed by atoms with Gasteiger partial charge in [-0.1, -0.05) is 27.2 Å². The minimum absolute atomic E-state index is 0.424. The Bertz CT molecular complexity index is 149. The highest BCUT2D eigenvalue weighted by Gasteiger charge is 2.12. The van der Waals surface area contributed by atoms with Crippen LogP contribution in [-0.2, 0) is 0 Å². The molecule has 0 aliphatic carbocycles. The van der Waals surface area contributed by atoms with Crippen LogP contribution >= 0.6 is 0 Å². The predicted molar refractivity (Wildman–Crippen MR) is 69.3 cm³/mol. The zero-order chi connectivity index (χ0) is 11.9. The summed E-state index contributed by atoms with van der Waals surface area (Å²) in [7, 11) is 4.27. The summed E-state index contributed by atoms with van der Waals surface area (Å²) in [5.74, 6) is 0. The second kappa shape index (κ2) is 7.24. The molecule has 0 aromatic rings. The van der Waals surface area contributed by atoms with Crippen molar-refractivity contribution in [2.75, 3.05) is 27.2 Å². The third-order valence-electron chi connectivity index (χ3n) is 2.66. The van der Waals surface area contributed by atoms with E-state index in [1.165, 1.54) is 32.4 Å².